The molecule has 0 amide bonds. The maximum absolute atomic E-state index is 10.9. The molecule has 0 aliphatic carbocycles. The fraction of sp³-hybridized carbons (Fsp3) is 0.357. The van der Waals surface area contributed by atoms with Crippen LogP contribution in [0.3, 0.4) is 0 Å². The lowest BCUT2D eigenvalue weighted by molar-refractivity contribution is 0.403. The third-order valence-electron chi connectivity index (χ3n) is 5.81. The fourth-order valence-electron chi connectivity index (χ4n) is 4.34. The number of rotatable bonds is 9. The van der Waals surface area contributed by atoms with Crippen molar-refractivity contribution in [2.75, 3.05) is 14.1 Å². The first kappa shape index (κ1) is 23.5. The third-order valence-corrected chi connectivity index (χ3v) is 7.64. The minimum atomic E-state index is -0.0954. The number of hydrogen-bond acceptors (Lipinski definition) is 2. The third kappa shape index (κ3) is 6.19. The van der Waals surface area contributed by atoms with Gasteiger partial charge < -0.3 is 10.0 Å². The van der Waals surface area contributed by atoms with E-state index in [-0.39, 0.29) is 5.16 Å². The molecule has 3 aromatic carbocycles. The first-order valence-corrected chi connectivity index (χ1v) is 12.2. The second-order valence-electron chi connectivity index (χ2n) is 9.12. The highest BCUT2D eigenvalue weighted by Gasteiger charge is 2.30. The van der Waals surface area contributed by atoms with Crippen LogP contribution in [0, 0.1) is 6.92 Å². The molecule has 0 aliphatic rings. The Labute approximate surface area is 190 Å². The predicted molar refractivity (Wildman–Crippen MR) is 136 cm³/mol. The quantitative estimate of drug-likeness (QED) is 0.396. The second-order valence-corrected chi connectivity index (χ2v) is 11.0. The van der Waals surface area contributed by atoms with E-state index in [0.29, 0.717) is 14.3 Å². The topological polar surface area (TPSA) is 23.5 Å². The zero-order valence-corrected chi connectivity index (χ0v) is 20.6. The minimum Gasteiger partial charge on any atom is -0.508 e. The van der Waals surface area contributed by atoms with Crippen molar-refractivity contribution in [1.82, 2.24) is 4.90 Å². The van der Waals surface area contributed by atoms with Crippen molar-refractivity contribution >= 4 is 13.9 Å². The van der Waals surface area contributed by atoms with Crippen molar-refractivity contribution in [2.45, 2.75) is 51.7 Å². The van der Waals surface area contributed by atoms with E-state index in [9.17, 15) is 5.11 Å². The lowest BCUT2D eigenvalue weighted by atomic mass is 9.91. The highest BCUT2D eigenvalue weighted by molar-refractivity contribution is 7.48. The van der Waals surface area contributed by atoms with Crippen LogP contribution in [0.5, 0.6) is 5.75 Å². The number of benzene rings is 3. The van der Waals surface area contributed by atoms with Crippen LogP contribution in [0.15, 0.2) is 66.7 Å². The van der Waals surface area contributed by atoms with Crippen LogP contribution in [0.25, 0.3) is 0 Å². The van der Waals surface area contributed by atoms with Gasteiger partial charge in [-0.1, -0.05) is 95.1 Å². The van der Waals surface area contributed by atoms with Gasteiger partial charge >= 0.3 is 0 Å². The van der Waals surface area contributed by atoms with Gasteiger partial charge in [0.25, 0.3) is 0 Å². The standard InChI is InChI=1S/C28H36NOP/c1-6-16-28(3,31-27-15-12-21(2)17-24(27)20-29(4)5)25-19-23(13-14-26(25)30)18-22-10-8-7-9-11-22/h7-15,17,19,30-31H,6,16,18,20H2,1-5H3. The zero-order chi connectivity index (χ0) is 22.4. The average molecular weight is 434 g/mol. The molecule has 0 radical (unpaired) electrons. The lowest BCUT2D eigenvalue weighted by Crippen LogP contribution is -2.23. The molecule has 0 bridgehead atoms. The Kier molecular flexibility index (Phi) is 7.92. The molecule has 3 rings (SSSR count). The molecule has 164 valence electrons. The van der Waals surface area contributed by atoms with Gasteiger partial charge in [0.05, 0.1) is 0 Å². The molecule has 2 atom stereocenters. The van der Waals surface area contributed by atoms with Gasteiger partial charge in [-0.05, 0) is 61.9 Å². The summed E-state index contributed by atoms with van der Waals surface area (Å²) in [6, 6.07) is 23.6. The number of hydrogen-bond donors (Lipinski definition) is 1. The summed E-state index contributed by atoms with van der Waals surface area (Å²) < 4.78 is 0. The Balaban J connectivity index is 1.98. The van der Waals surface area contributed by atoms with Gasteiger partial charge in [-0.15, -0.1) is 0 Å². The summed E-state index contributed by atoms with van der Waals surface area (Å²) in [4.78, 5) is 2.23. The van der Waals surface area contributed by atoms with E-state index in [1.165, 1.54) is 27.6 Å². The molecule has 2 nitrogen and oxygen atoms in total. The van der Waals surface area contributed by atoms with Crippen molar-refractivity contribution in [3.05, 3.63) is 94.5 Å². The number of phenols is 1. The van der Waals surface area contributed by atoms with Crippen molar-refractivity contribution in [3.63, 3.8) is 0 Å². The first-order valence-electron chi connectivity index (χ1n) is 11.2. The molecule has 0 aromatic heterocycles. The van der Waals surface area contributed by atoms with Crippen LogP contribution in [-0.4, -0.2) is 24.1 Å². The second kappa shape index (κ2) is 10.4. The van der Waals surface area contributed by atoms with Gasteiger partial charge in [-0.3, -0.25) is 0 Å². The van der Waals surface area contributed by atoms with Crippen molar-refractivity contribution in [2.24, 2.45) is 0 Å². The summed E-state index contributed by atoms with van der Waals surface area (Å²) in [5, 5.41) is 12.2. The van der Waals surface area contributed by atoms with E-state index >= 15 is 0 Å². The number of nitrogens with zero attached hydrogens (tertiary/aromatic N) is 1. The van der Waals surface area contributed by atoms with Crippen LogP contribution in [0.2, 0.25) is 0 Å². The lowest BCUT2D eigenvalue weighted by Gasteiger charge is -2.32. The number of aromatic hydroxyl groups is 1. The monoisotopic (exact) mass is 433 g/mol. The highest BCUT2D eigenvalue weighted by Crippen LogP contribution is 2.48. The summed E-state index contributed by atoms with van der Waals surface area (Å²) in [6.07, 6.45) is 3.01. The molecule has 0 fully saturated rings. The molecule has 0 aliphatic heterocycles. The van der Waals surface area contributed by atoms with Crippen molar-refractivity contribution in [3.8, 4) is 5.75 Å². The van der Waals surface area contributed by atoms with Gasteiger partial charge in [0.2, 0.25) is 0 Å². The van der Waals surface area contributed by atoms with Crippen LogP contribution >= 0.6 is 8.58 Å². The maximum atomic E-state index is 10.9. The number of phenolic OH excluding ortho intramolecular Hbond substituents is 1. The smallest absolute Gasteiger partial charge is 0.119 e. The Bertz CT molecular complexity index is 999. The molecular formula is C28H36NOP. The Hall–Kier alpha value is -2.15. The van der Waals surface area contributed by atoms with E-state index in [4.69, 9.17) is 0 Å². The number of aryl methyl sites for hydroxylation is 1. The van der Waals surface area contributed by atoms with E-state index in [2.05, 4.69) is 100 Å². The average Bonchev–Trinajstić information content (AvgIpc) is 2.72. The molecular weight excluding hydrogens is 397 g/mol. The van der Waals surface area contributed by atoms with Gasteiger partial charge in [-0.2, -0.15) is 0 Å². The van der Waals surface area contributed by atoms with Crippen LogP contribution in [-0.2, 0) is 18.1 Å². The van der Waals surface area contributed by atoms with E-state index in [0.717, 1.165) is 31.4 Å². The zero-order valence-electron chi connectivity index (χ0n) is 19.6. The molecule has 0 saturated heterocycles. The van der Waals surface area contributed by atoms with E-state index in [1.807, 2.05) is 6.07 Å². The van der Waals surface area contributed by atoms with Gasteiger partial charge in [0, 0.05) is 17.3 Å². The highest BCUT2D eigenvalue weighted by atomic mass is 31.1. The maximum Gasteiger partial charge on any atom is 0.119 e. The van der Waals surface area contributed by atoms with Crippen LogP contribution in [0.1, 0.15) is 54.5 Å². The largest absolute Gasteiger partial charge is 0.508 e. The Morgan fingerprint density at radius 3 is 2.35 bits per heavy atom. The van der Waals surface area contributed by atoms with Gasteiger partial charge in [0.1, 0.15) is 5.75 Å². The van der Waals surface area contributed by atoms with E-state index < -0.39 is 0 Å². The molecule has 0 heterocycles. The normalized spacial score (nSPS) is 13.7. The molecule has 1 N–H and O–H groups in total. The first-order chi connectivity index (χ1) is 14.8. The van der Waals surface area contributed by atoms with Crippen LogP contribution in [0.4, 0.5) is 0 Å². The summed E-state index contributed by atoms with van der Waals surface area (Å²) in [7, 11) is 4.85. The Morgan fingerprint density at radius 1 is 0.935 bits per heavy atom. The molecule has 3 heteroatoms. The Morgan fingerprint density at radius 2 is 1.68 bits per heavy atom. The molecule has 2 unspecified atom stereocenters. The molecule has 31 heavy (non-hydrogen) atoms. The minimum absolute atomic E-state index is 0.0954. The predicted octanol–water partition coefficient (Wildman–Crippen LogP) is 6.37. The summed E-state index contributed by atoms with van der Waals surface area (Å²) in [5.74, 6) is 0.418. The van der Waals surface area contributed by atoms with Crippen molar-refractivity contribution in [1.29, 1.82) is 0 Å². The van der Waals surface area contributed by atoms with Crippen molar-refractivity contribution < 1.29 is 5.11 Å². The molecule has 3 aromatic rings. The summed E-state index contributed by atoms with van der Waals surface area (Å²) in [6.45, 7) is 7.67. The summed E-state index contributed by atoms with van der Waals surface area (Å²) in [5.41, 5.74) is 6.33. The molecule has 0 spiro atoms. The van der Waals surface area contributed by atoms with E-state index in [1.54, 1.807) is 0 Å². The van der Waals surface area contributed by atoms with Gasteiger partial charge in [0.15, 0.2) is 0 Å². The van der Waals surface area contributed by atoms with Crippen LogP contribution < -0.4 is 5.30 Å². The summed E-state index contributed by atoms with van der Waals surface area (Å²) >= 11 is 0. The fourth-order valence-corrected chi connectivity index (χ4v) is 6.13. The SMILES string of the molecule is CCCC(C)(Pc1ccc(C)cc1CN(C)C)c1cc(Cc2ccccc2)ccc1O. The molecule has 0 saturated carbocycles. The van der Waals surface area contributed by atoms with Gasteiger partial charge in [-0.25, -0.2) is 0 Å².